The number of nitrogens with one attached hydrogen (secondary N) is 1. The average molecular weight is 377 g/mol. The molecule has 0 aliphatic heterocycles. The fourth-order valence-electron chi connectivity index (χ4n) is 3.66. The van der Waals surface area contributed by atoms with Gasteiger partial charge in [-0.25, -0.2) is 8.42 Å². The molecule has 0 saturated heterocycles. The first kappa shape index (κ1) is 16.6. The van der Waals surface area contributed by atoms with E-state index in [1.807, 2.05) is 0 Å². The van der Waals surface area contributed by atoms with Crippen molar-refractivity contribution in [3.8, 4) is 0 Å². The van der Waals surface area contributed by atoms with Crippen molar-refractivity contribution in [2.75, 3.05) is 5.75 Å². The van der Waals surface area contributed by atoms with Crippen LogP contribution >= 0.6 is 11.6 Å². The Morgan fingerprint density at radius 3 is 2.68 bits per heavy atom. The molecular weight excluding hydrogens is 360 g/mol. The summed E-state index contributed by atoms with van der Waals surface area (Å²) in [5, 5.41) is 19.2. The maximum absolute atomic E-state index is 12.5. The third-order valence-electron chi connectivity index (χ3n) is 4.83. The van der Waals surface area contributed by atoms with Crippen molar-refractivity contribution < 1.29 is 13.5 Å². The van der Waals surface area contributed by atoms with Crippen LogP contribution in [0.2, 0.25) is 5.02 Å². The van der Waals surface area contributed by atoms with Gasteiger partial charge in [-0.2, -0.15) is 5.10 Å². The lowest BCUT2D eigenvalue weighted by molar-refractivity contribution is -0.0716. The second kappa shape index (κ2) is 5.83. The quantitative estimate of drug-likeness (QED) is 0.731. The summed E-state index contributed by atoms with van der Waals surface area (Å²) in [5.74, 6) is -0.0569. The highest BCUT2D eigenvalue weighted by molar-refractivity contribution is 7.91. The van der Waals surface area contributed by atoms with E-state index in [-0.39, 0.29) is 11.7 Å². The zero-order chi connectivity index (χ0) is 17.7. The Labute approximate surface area is 150 Å². The first-order valence-electron chi connectivity index (χ1n) is 8.01. The summed E-state index contributed by atoms with van der Waals surface area (Å²) in [6.45, 7) is 0. The van der Waals surface area contributed by atoms with Crippen LogP contribution in [-0.2, 0) is 15.4 Å². The molecule has 1 fully saturated rings. The maximum atomic E-state index is 12.5. The number of nitrogens with zero attached hydrogens (tertiary/aromatic N) is 1. The number of sulfone groups is 1. The number of halogens is 1. The van der Waals surface area contributed by atoms with Crippen LogP contribution in [0.3, 0.4) is 0 Å². The molecule has 25 heavy (non-hydrogen) atoms. The molecule has 0 atom stereocenters. The van der Waals surface area contributed by atoms with Crippen LogP contribution < -0.4 is 0 Å². The normalized spacial score (nSPS) is 23.5. The maximum Gasteiger partial charge on any atom is 0.178 e. The second-order valence-corrected chi connectivity index (χ2v) is 9.16. The number of hydrogen-bond acceptors (Lipinski definition) is 4. The van der Waals surface area contributed by atoms with E-state index in [0.717, 1.165) is 10.9 Å². The van der Waals surface area contributed by atoms with Gasteiger partial charge in [0.25, 0.3) is 0 Å². The fraction of sp³-hybridized carbons (Fsp3) is 0.278. The van der Waals surface area contributed by atoms with E-state index in [9.17, 15) is 13.5 Å². The number of aliphatic hydroxyl groups is 1. The van der Waals surface area contributed by atoms with E-state index >= 15 is 0 Å². The van der Waals surface area contributed by atoms with Crippen LogP contribution in [0.25, 0.3) is 10.9 Å². The van der Waals surface area contributed by atoms with Gasteiger partial charge >= 0.3 is 0 Å². The van der Waals surface area contributed by atoms with Crippen molar-refractivity contribution in [1.82, 2.24) is 10.2 Å². The molecule has 1 aliphatic rings. The Hall–Kier alpha value is -1.89. The third-order valence-corrected chi connectivity index (χ3v) is 6.94. The van der Waals surface area contributed by atoms with E-state index in [2.05, 4.69) is 10.2 Å². The van der Waals surface area contributed by atoms with Gasteiger partial charge < -0.3 is 5.11 Å². The van der Waals surface area contributed by atoms with E-state index in [4.69, 9.17) is 11.6 Å². The van der Waals surface area contributed by atoms with Gasteiger partial charge in [-0.15, -0.1) is 0 Å². The Balaban J connectivity index is 1.55. The Bertz CT molecular complexity index is 1020. The van der Waals surface area contributed by atoms with Crippen LogP contribution in [0.4, 0.5) is 0 Å². The number of H-pyrrole nitrogens is 1. The molecule has 1 aromatic heterocycles. The van der Waals surface area contributed by atoms with Gasteiger partial charge in [0.05, 0.1) is 28.0 Å². The van der Waals surface area contributed by atoms with Crippen LogP contribution in [0, 0.1) is 5.92 Å². The lowest BCUT2D eigenvalue weighted by Gasteiger charge is -2.44. The lowest BCUT2D eigenvalue weighted by Crippen LogP contribution is -2.44. The van der Waals surface area contributed by atoms with Gasteiger partial charge in [-0.3, -0.25) is 5.10 Å². The lowest BCUT2D eigenvalue weighted by atomic mass is 9.68. The van der Waals surface area contributed by atoms with Gasteiger partial charge in [0.15, 0.2) is 9.84 Å². The van der Waals surface area contributed by atoms with Crippen molar-refractivity contribution in [1.29, 1.82) is 0 Å². The smallest absolute Gasteiger partial charge is 0.178 e. The van der Waals surface area contributed by atoms with Crippen molar-refractivity contribution in [2.45, 2.75) is 23.3 Å². The Kier molecular flexibility index (Phi) is 3.86. The monoisotopic (exact) mass is 376 g/mol. The van der Waals surface area contributed by atoms with E-state index in [1.165, 1.54) is 0 Å². The second-order valence-electron chi connectivity index (χ2n) is 6.69. The summed E-state index contributed by atoms with van der Waals surface area (Å²) in [6, 6.07) is 11.9. The first-order chi connectivity index (χ1) is 11.9. The molecule has 0 bridgehead atoms. The average Bonchev–Trinajstić information content (AvgIpc) is 3.01. The highest BCUT2D eigenvalue weighted by Crippen LogP contribution is 2.48. The number of hydrogen-bond donors (Lipinski definition) is 2. The summed E-state index contributed by atoms with van der Waals surface area (Å²) in [4.78, 5) is 0.323. The largest absolute Gasteiger partial charge is 0.385 e. The Morgan fingerprint density at radius 1 is 1.24 bits per heavy atom. The summed E-state index contributed by atoms with van der Waals surface area (Å²) >= 11 is 6.14. The molecule has 0 amide bonds. The molecule has 2 N–H and O–H groups in total. The fourth-order valence-corrected chi connectivity index (χ4v) is 5.50. The number of aromatic nitrogens is 2. The van der Waals surface area contributed by atoms with Crippen LogP contribution in [0.1, 0.15) is 18.4 Å². The van der Waals surface area contributed by atoms with Gasteiger partial charge in [0.1, 0.15) is 0 Å². The topological polar surface area (TPSA) is 83.1 Å². The SMILES string of the molecule is O=S(=O)(CC1CC(O)(c2cc(Cl)cc3cn[nH]c23)C1)c1ccccc1. The minimum Gasteiger partial charge on any atom is -0.385 e. The summed E-state index contributed by atoms with van der Waals surface area (Å²) in [5.41, 5.74) is 0.351. The van der Waals surface area contributed by atoms with E-state index < -0.39 is 15.4 Å². The van der Waals surface area contributed by atoms with E-state index in [1.54, 1.807) is 48.7 Å². The molecular formula is C18H17ClN2O3S. The third kappa shape index (κ3) is 2.94. The number of rotatable bonds is 4. The van der Waals surface area contributed by atoms with Crippen LogP contribution in [0.5, 0.6) is 0 Å². The number of benzene rings is 2. The molecule has 2 aromatic carbocycles. The van der Waals surface area contributed by atoms with E-state index in [0.29, 0.717) is 28.3 Å². The molecule has 0 radical (unpaired) electrons. The van der Waals surface area contributed by atoms with Crippen molar-refractivity contribution in [3.05, 3.63) is 59.2 Å². The minimum atomic E-state index is -3.35. The molecule has 3 aromatic rings. The van der Waals surface area contributed by atoms with Crippen molar-refractivity contribution in [3.63, 3.8) is 0 Å². The molecule has 0 unspecified atom stereocenters. The van der Waals surface area contributed by atoms with Gasteiger partial charge in [-0.1, -0.05) is 29.8 Å². The first-order valence-corrected chi connectivity index (χ1v) is 10.0. The summed E-state index contributed by atoms with van der Waals surface area (Å²) < 4.78 is 25.0. The number of fused-ring (bicyclic) bond motifs is 1. The molecule has 1 heterocycles. The minimum absolute atomic E-state index is 0.0337. The van der Waals surface area contributed by atoms with Crippen LogP contribution in [-0.4, -0.2) is 29.5 Å². The van der Waals surface area contributed by atoms with Gasteiger partial charge in [0.2, 0.25) is 0 Å². The predicted octanol–water partition coefficient (Wildman–Crippen LogP) is 3.29. The standard InChI is InChI=1S/C18H17ClN2O3S/c19-14-6-13-10-20-21-17(13)16(7-14)18(22)8-12(9-18)11-25(23,24)15-4-2-1-3-5-15/h1-7,10,12,22H,8-9,11H2,(H,20,21). The molecule has 1 saturated carbocycles. The number of aromatic amines is 1. The van der Waals surface area contributed by atoms with Crippen molar-refractivity contribution >= 4 is 32.3 Å². The zero-order valence-electron chi connectivity index (χ0n) is 13.3. The molecule has 0 spiro atoms. The van der Waals surface area contributed by atoms with Crippen molar-refractivity contribution in [2.24, 2.45) is 5.92 Å². The molecule has 1 aliphatic carbocycles. The van der Waals surface area contributed by atoms with Gasteiger partial charge in [-0.05, 0) is 43.0 Å². The summed E-state index contributed by atoms with van der Waals surface area (Å²) in [6.07, 6.45) is 2.42. The van der Waals surface area contributed by atoms with Crippen LogP contribution in [0.15, 0.2) is 53.6 Å². The van der Waals surface area contributed by atoms with Gasteiger partial charge in [0, 0.05) is 16.0 Å². The highest BCUT2D eigenvalue weighted by Gasteiger charge is 2.46. The highest BCUT2D eigenvalue weighted by atomic mass is 35.5. The predicted molar refractivity (Wildman–Crippen MR) is 96.2 cm³/mol. The zero-order valence-corrected chi connectivity index (χ0v) is 14.9. The Morgan fingerprint density at radius 2 is 1.96 bits per heavy atom. The molecule has 4 rings (SSSR count). The molecule has 7 heteroatoms. The summed E-state index contributed by atoms with van der Waals surface area (Å²) in [7, 11) is -3.35. The molecule has 5 nitrogen and oxygen atoms in total. The molecule has 130 valence electrons.